The zero-order valence-electron chi connectivity index (χ0n) is 28.3. The van der Waals surface area contributed by atoms with Crippen molar-refractivity contribution in [3.8, 4) is 17.6 Å². The lowest BCUT2D eigenvalue weighted by atomic mass is 9.73. The first-order valence-corrected chi connectivity index (χ1v) is 16.8. The van der Waals surface area contributed by atoms with Gasteiger partial charge in [0.25, 0.3) is 0 Å². The third kappa shape index (κ3) is 11.7. The monoisotopic (exact) mass is 666 g/mol. The molecule has 1 fully saturated rings. The van der Waals surface area contributed by atoms with E-state index in [4.69, 9.17) is 9.47 Å². The highest BCUT2D eigenvalue weighted by Gasteiger charge is 2.47. The molecule has 0 bridgehead atoms. The van der Waals surface area contributed by atoms with Crippen molar-refractivity contribution in [2.75, 3.05) is 39.8 Å². The molecule has 2 atom stereocenters. The first-order valence-electron chi connectivity index (χ1n) is 16.8. The molecule has 9 heteroatoms. The SMILES string of the molecule is CCN(CC)CC#CCOC(=O)C(O)(c1ccccc1)C1CCCCC1.CNCCC(Oc1ccc(C(F)(F)F)cc1)c1ccccc1. The van der Waals surface area contributed by atoms with Gasteiger partial charge in [0.15, 0.2) is 12.2 Å². The van der Waals surface area contributed by atoms with Gasteiger partial charge in [0.1, 0.15) is 11.9 Å². The molecule has 2 N–H and O–H groups in total. The summed E-state index contributed by atoms with van der Waals surface area (Å²) >= 11 is 0. The van der Waals surface area contributed by atoms with Gasteiger partial charge in [-0.1, -0.05) is 106 Å². The van der Waals surface area contributed by atoms with E-state index < -0.39 is 23.3 Å². The van der Waals surface area contributed by atoms with Gasteiger partial charge in [-0.15, -0.1) is 0 Å². The highest BCUT2D eigenvalue weighted by Crippen LogP contribution is 2.40. The average molecular weight is 667 g/mol. The van der Waals surface area contributed by atoms with Crippen LogP contribution in [0.1, 0.15) is 75.2 Å². The van der Waals surface area contributed by atoms with Crippen molar-refractivity contribution in [2.24, 2.45) is 5.92 Å². The number of hydrogen-bond donors (Lipinski definition) is 2. The van der Waals surface area contributed by atoms with Crippen molar-refractivity contribution < 1.29 is 32.5 Å². The van der Waals surface area contributed by atoms with E-state index in [9.17, 15) is 23.1 Å². The summed E-state index contributed by atoms with van der Waals surface area (Å²) in [5.74, 6) is 5.68. The number of carbonyl (C=O) groups is 1. The molecule has 48 heavy (non-hydrogen) atoms. The average Bonchev–Trinajstić information content (AvgIpc) is 3.12. The number of hydrogen-bond acceptors (Lipinski definition) is 6. The Bertz CT molecular complexity index is 1400. The molecule has 3 aromatic rings. The lowest BCUT2D eigenvalue weighted by molar-refractivity contribution is -0.174. The standard InChI is InChI=1S/C22H31NO3.C17H18F3NO/c1-3-23(4-2)17-11-12-18-26-21(24)22(25,19-13-7-5-8-14-19)20-15-9-6-10-16-20;1-21-12-11-16(13-5-3-2-4-6-13)22-15-9-7-14(8-10-15)17(18,19)20/h5,7-8,13-14,20,25H,3-4,6,9-10,15-18H2,1-2H3;2-10,16,21H,11-12H2,1H3. The van der Waals surface area contributed by atoms with E-state index in [-0.39, 0.29) is 18.6 Å². The van der Waals surface area contributed by atoms with Crippen LogP contribution in [0, 0.1) is 17.8 Å². The van der Waals surface area contributed by atoms with Crippen LogP contribution in [0.2, 0.25) is 0 Å². The fraction of sp³-hybridized carbons (Fsp3) is 0.462. The lowest BCUT2D eigenvalue weighted by Crippen LogP contribution is -2.45. The molecule has 0 aromatic heterocycles. The number of benzene rings is 3. The number of halogens is 3. The molecule has 3 aromatic carbocycles. The molecule has 1 aliphatic carbocycles. The quantitative estimate of drug-likeness (QED) is 0.144. The van der Waals surface area contributed by atoms with E-state index in [0.29, 0.717) is 17.9 Å². The summed E-state index contributed by atoms with van der Waals surface area (Å²) in [6.45, 7) is 7.50. The van der Waals surface area contributed by atoms with Crippen LogP contribution in [0.15, 0.2) is 84.9 Å². The normalized spacial score (nSPS) is 15.2. The van der Waals surface area contributed by atoms with Gasteiger partial charge in [-0.05, 0) is 74.9 Å². The zero-order valence-corrected chi connectivity index (χ0v) is 28.3. The summed E-state index contributed by atoms with van der Waals surface area (Å²) < 4.78 is 48.9. The largest absolute Gasteiger partial charge is 0.486 e. The first kappa shape index (κ1) is 38.6. The first-order chi connectivity index (χ1) is 23.1. The Morgan fingerprint density at radius 2 is 1.50 bits per heavy atom. The second-order valence-electron chi connectivity index (χ2n) is 11.8. The van der Waals surface area contributed by atoms with E-state index in [1.165, 1.54) is 12.1 Å². The molecule has 1 aliphatic rings. The molecule has 0 radical (unpaired) electrons. The van der Waals surface area contributed by atoms with Crippen LogP contribution in [0.3, 0.4) is 0 Å². The van der Waals surface area contributed by atoms with Crippen LogP contribution in [-0.2, 0) is 21.3 Å². The summed E-state index contributed by atoms with van der Waals surface area (Å²) in [5.41, 5.74) is -0.639. The molecule has 0 heterocycles. The van der Waals surface area contributed by atoms with E-state index in [2.05, 4.69) is 35.9 Å². The van der Waals surface area contributed by atoms with Crippen molar-refractivity contribution in [2.45, 2.75) is 70.3 Å². The molecule has 0 aliphatic heterocycles. The third-order valence-electron chi connectivity index (χ3n) is 8.61. The smallest absolute Gasteiger partial charge is 0.416 e. The van der Waals surface area contributed by atoms with E-state index in [1.807, 2.05) is 67.7 Å². The van der Waals surface area contributed by atoms with Gasteiger partial charge >= 0.3 is 12.1 Å². The predicted octanol–water partition coefficient (Wildman–Crippen LogP) is 7.78. The highest BCUT2D eigenvalue weighted by molar-refractivity contribution is 5.81. The number of nitrogens with zero attached hydrogens (tertiary/aromatic N) is 1. The molecule has 0 amide bonds. The van der Waals surface area contributed by atoms with Crippen LogP contribution in [0.4, 0.5) is 13.2 Å². The highest BCUT2D eigenvalue weighted by atomic mass is 19.4. The minimum atomic E-state index is -4.33. The molecular formula is C39H49F3N2O4. The van der Waals surface area contributed by atoms with Crippen molar-refractivity contribution in [3.63, 3.8) is 0 Å². The number of rotatable bonds is 13. The maximum absolute atomic E-state index is 12.8. The molecule has 0 spiro atoms. The topological polar surface area (TPSA) is 71.0 Å². The molecule has 6 nitrogen and oxygen atoms in total. The fourth-order valence-electron chi connectivity index (χ4n) is 5.73. The number of aliphatic hydroxyl groups is 1. The van der Waals surface area contributed by atoms with Crippen LogP contribution in [0.5, 0.6) is 5.75 Å². The maximum Gasteiger partial charge on any atom is 0.416 e. The van der Waals surface area contributed by atoms with Crippen LogP contribution < -0.4 is 10.1 Å². The van der Waals surface area contributed by atoms with Gasteiger partial charge in [-0.25, -0.2) is 4.79 Å². The van der Waals surface area contributed by atoms with Crippen LogP contribution >= 0.6 is 0 Å². The maximum atomic E-state index is 12.8. The zero-order chi connectivity index (χ0) is 34.8. The fourth-order valence-corrected chi connectivity index (χ4v) is 5.73. The van der Waals surface area contributed by atoms with Gasteiger partial charge < -0.3 is 19.9 Å². The molecule has 1 saturated carbocycles. The van der Waals surface area contributed by atoms with Crippen molar-refractivity contribution in [3.05, 3.63) is 102 Å². The Hall–Kier alpha value is -3.84. The lowest BCUT2D eigenvalue weighted by Gasteiger charge is -2.36. The Morgan fingerprint density at radius 1 is 0.896 bits per heavy atom. The van der Waals surface area contributed by atoms with E-state index in [1.54, 1.807) is 0 Å². The summed E-state index contributed by atoms with van der Waals surface area (Å²) in [7, 11) is 1.85. The minimum Gasteiger partial charge on any atom is -0.486 e. The van der Waals surface area contributed by atoms with Gasteiger partial charge in [0.2, 0.25) is 0 Å². The Balaban J connectivity index is 0.000000264. The van der Waals surface area contributed by atoms with Gasteiger partial charge in [-0.3, -0.25) is 4.90 Å². The van der Waals surface area contributed by atoms with Crippen molar-refractivity contribution >= 4 is 5.97 Å². The number of esters is 1. The summed E-state index contributed by atoms with van der Waals surface area (Å²) in [6.07, 6.45) is 1.11. The number of ether oxygens (including phenoxy) is 2. The van der Waals surface area contributed by atoms with Crippen LogP contribution in [-0.4, -0.2) is 55.8 Å². The van der Waals surface area contributed by atoms with E-state index >= 15 is 0 Å². The summed E-state index contributed by atoms with van der Waals surface area (Å²) in [5, 5.41) is 14.4. The molecule has 2 unspecified atom stereocenters. The van der Waals surface area contributed by atoms with Crippen molar-refractivity contribution in [1.29, 1.82) is 0 Å². The molecule has 4 rings (SSSR count). The van der Waals surface area contributed by atoms with Crippen molar-refractivity contribution in [1.82, 2.24) is 10.2 Å². The number of carbonyl (C=O) groups excluding carboxylic acids is 1. The number of alkyl halides is 3. The Morgan fingerprint density at radius 3 is 2.06 bits per heavy atom. The summed E-state index contributed by atoms with van der Waals surface area (Å²) in [4.78, 5) is 15.0. The Kier molecular flexibility index (Phi) is 16.0. The minimum absolute atomic E-state index is 0.0158. The number of nitrogens with one attached hydrogen (secondary N) is 1. The second kappa shape index (κ2) is 19.9. The van der Waals surface area contributed by atoms with Gasteiger partial charge in [0, 0.05) is 12.3 Å². The molecule has 260 valence electrons. The van der Waals surface area contributed by atoms with Crippen LogP contribution in [0.25, 0.3) is 0 Å². The van der Waals surface area contributed by atoms with Gasteiger partial charge in [0.05, 0.1) is 12.1 Å². The second-order valence-corrected chi connectivity index (χ2v) is 11.8. The molecular weight excluding hydrogens is 617 g/mol. The van der Waals surface area contributed by atoms with Gasteiger partial charge in [-0.2, -0.15) is 13.2 Å². The summed E-state index contributed by atoms with van der Waals surface area (Å²) in [6, 6.07) is 23.6. The predicted molar refractivity (Wildman–Crippen MR) is 183 cm³/mol. The third-order valence-corrected chi connectivity index (χ3v) is 8.61. The van der Waals surface area contributed by atoms with E-state index in [0.717, 1.165) is 75.9 Å². The Labute approximate surface area is 283 Å². The molecule has 0 saturated heterocycles.